The van der Waals surface area contributed by atoms with Crippen LogP contribution in [-0.2, 0) is 14.3 Å². The summed E-state index contributed by atoms with van der Waals surface area (Å²) >= 11 is 0. The Kier molecular flexibility index (Phi) is 11.8. The minimum absolute atomic E-state index is 0.113. The molecule has 0 spiro atoms. The first-order valence-electron chi connectivity index (χ1n) is 12.7. The molecule has 0 radical (unpaired) electrons. The third-order valence-electron chi connectivity index (χ3n) is 6.43. The maximum absolute atomic E-state index is 13.1. The minimum Gasteiger partial charge on any atom is -0.507 e. The molecule has 0 aliphatic carbocycles. The van der Waals surface area contributed by atoms with Crippen molar-refractivity contribution in [2.75, 3.05) is 0 Å². The lowest BCUT2D eigenvalue weighted by molar-refractivity contribution is -0.154. The largest absolute Gasteiger partial charge is 0.507 e. The number of carbonyl (C=O) groups excluding carboxylic acids is 3. The molecule has 4 N–H and O–H groups in total. The second-order valence-electron chi connectivity index (χ2n) is 9.28. The second kappa shape index (κ2) is 14.5. The highest BCUT2D eigenvalue weighted by Crippen LogP contribution is 2.27. The number of amides is 2. The number of aromatic hydroxyl groups is 1. The third-order valence-corrected chi connectivity index (χ3v) is 6.43. The maximum atomic E-state index is 13.1. The summed E-state index contributed by atoms with van der Waals surface area (Å²) in [6, 6.07) is 4.12. The molecule has 1 aliphatic rings. The van der Waals surface area contributed by atoms with Gasteiger partial charge >= 0.3 is 5.97 Å². The summed E-state index contributed by atoms with van der Waals surface area (Å²) in [5.41, 5.74) is 5.91. The zero-order chi connectivity index (χ0) is 25.8. The van der Waals surface area contributed by atoms with Gasteiger partial charge in [-0.3, -0.25) is 9.59 Å². The van der Waals surface area contributed by atoms with E-state index in [0.29, 0.717) is 31.2 Å². The van der Waals surface area contributed by atoms with Gasteiger partial charge in [0.05, 0.1) is 5.56 Å². The summed E-state index contributed by atoms with van der Waals surface area (Å²) in [6.07, 6.45) is 10.6. The van der Waals surface area contributed by atoms with Gasteiger partial charge in [0.1, 0.15) is 24.0 Å². The number of ether oxygens (including phenoxy) is 1. The number of carbonyl (C=O) groups is 3. The van der Waals surface area contributed by atoms with E-state index in [-0.39, 0.29) is 17.4 Å². The first-order chi connectivity index (χ1) is 16.8. The first kappa shape index (κ1) is 28.4. The average molecular weight is 489 g/mol. The number of unbranched alkanes of at least 4 members (excludes halogenated alkanes) is 5. The Labute approximate surface area is 208 Å². The number of aryl methyl sites for hydroxylation is 1. The van der Waals surface area contributed by atoms with Crippen LogP contribution < -0.4 is 5.73 Å². The van der Waals surface area contributed by atoms with Gasteiger partial charge in [0.2, 0.25) is 5.91 Å². The highest BCUT2D eigenvalue weighted by atomic mass is 16.5. The lowest BCUT2D eigenvalue weighted by Crippen LogP contribution is -2.41. The van der Waals surface area contributed by atoms with E-state index in [1.807, 2.05) is 0 Å². The van der Waals surface area contributed by atoms with E-state index < -0.39 is 29.9 Å². The van der Waals surface area contributed by atoms with E-state index in [1.165, 1.54) is 11.0 Å². The quantitative estimate of drug-likeness (QED) is 0.252. The molecule has 2 rings (SSSR count). The van der Waals surface area contributed by atoms with Gasteiger partial charge in [0.15, 0.2) is 0 Å². The number of primary amides is 1. The number of phenols is 1. The fourth-order valence-electron chi connectivity index (χ4n) is 4.33. The Hall–Kier alpha value is -2.87. The molecule has 35 heavy (non-hydrogen) atoms. The molecule has 8 heteroatoms. The van der Waals surface area contributed by atoms with Crippen molar-refractivity contribution < 1.29 is 29.3 Å². The standard InChI is InChI=1S/C27H40N2O6/c1-3-4-5-7-13-20(14-8-6-9-16-23(31)25(28)32)35-27(34)21-15-11-18-29(21)26(33)24-19(2)12-10-17-22(24)30/h10-12,17-18,20-21,23,30-31H,3-9,13-16H2,1-2H3,(H2,28,32)/t20-,21+,23-/m1/s1. The average Bonchev–Trinajstić information content (AvgIpc) is 3.31. The minimum atomic E-state index is -1.12. The predicted molar refractivity (Wildman–Crippen MR) is 133 cm³/mol. The van der Waals surface area contributed by atoms with E-state index >= 15 is 0 Å². The SMILES string of the molecule is CCCCCC[C@H](CCCCC[C@@H](O)C(N)=O)OC(=O)[C@@H]1CC=CN1C(=O)c1c(C)cccc1O. The van der Waals surface area contributed by atoms with Crippen LogP contribution in [0.2, 0.25) is 0 Å². The number of aliphatic hydroxyl groups is 1. The van der Waals surface area contributed by atoms with Gasteiger partial charge in [-0.05, 0) is 57.1 Å². The van der Waals surface area contributed by atoms with Crippen molar-refractivity contribution in [1.82, 2.24) is 4.90 Å². The van der Waals surface area contributed by atoms with E-state index in [9.17, 15) is 24.6 Å². The molecule has 3 atom stereocenters. The molecule has 2 amide bonds. The second-order valence-corrected chi connectivity index (χ2v) is 9.28. The third kappa shape index (κ3) is 8.69. The highest BCUT2D eigenvalue weighted by Gasteiger charge is 2.35. The zero-order valence-corrected chi connectivity index (χ0v) is 20.9. The monoisotopic (exact) mass is 488 g/mol. The van der Waals surface area contributed by atoms with Gasteiger partial charge in [0.25, 0.3) is 5.91 Å². The number of benzene rings is 1. The summed E-state index contributed by atoms with van der Waals surface area (Å²) in [5.74, 6) is -1.70. The number of aliphatic hydroxyl groups excluding tert-OH is 1. The Morgan fingerprint density at radius 2 is 1.74 bits per heavy atom. The molecule has 0 aromatic heterocycles. The topological polar surface area (TPSA) is 130 Å². The summed E-state index contributed by atoms with van der Waals surface area (Å²) < 4.78 is 5.90. The van der Waals surface area contributed by atoms with Gasteiger partial charge in [-0.25, -0.2) is 4.79 Å². The molecular formula is C27H40N2O6. The lowest BCUT2D eigenvalue weighted by Gasteiger charge is -2.26. The Morgan fingerprint density at radius 1 is 1.09 bits per heavy atom. The van der Waals surface area contributed by atoms with Crippen LogP contribution in [0.1, 0.15) is 93.5 Å². The molecule has 1 aromatic rings. The number of hydrogen-bond donors (Lipinski definition) is 3. The Morgan fingerprint density at radius 3 is 2.37 bits per heavy atom. The molecule has 0 saturated heterocycles. The number of rotatable bonds is 15. The molecule has 8 nitrogen and oxygen atoms in total. The van der Waals surface area contributed by atoms with E-state index in [0.717, 1.165) is 44.9 Å². The van der Waals surface area contributed by atoms with Crippen molar-refractivity contribution in [3.63, 3.8) is 0 Å². The Balaban J connectivity index is 1.97. The predicted octanol–water partition coefficient (Wildman–Crippen LogP) is 4.11. The lowest BCUT2D eigenvalue weighted by atomic mass is 10.0. The fourth-order valence-corrected chi connectivity index (χ4v) is 4.33. The van der Waals surface area contributed by atoms with Crippen molar-refractivity contribution in [2.24, 2.45) is 5.73 Å². The number of hydrogen-bond acceptors (Lipinski definition) is 6. The molecule has 0 unspecified atom stereocenters. The van der Waals surface area contributed by atoms with Crippen LogP contribution in [-0.4, -0.2) is 51.1 Å². The van der Waals surface area contributed by atoms with Crippen LogP contribution >= 0.6 is 0 Å². The normalized spacial score (nSPS) is 16.8. The zero-order valence-electron chi connectivity index (χ0n) is 20.9. The van der Waals surface area contributed by atoms with E-state index in [1.54, 1.807) is 31.3 Å². The van der Waals surface area contributed by atoms with Crippen LogP contribution in [0, 0.1) is 6.92 Å². The van der Waals surface area contributed by atoms with Crippen LogP contribution in [0.4, 0.5) is 0 Å². The summed E-state index contributed by atoms with van der Waals surface area (Å²) in [7, 11) is 0. The fraction of sp³-hybridized carbons (Fsp3) is 0.593. The number of nitrogens with two attached hydrogens (primary N) is 1. The van der Waals surface area contributed by atoms with Gasteiger partial charge in [0, 0.05) is 6.20 Å². The number of esters is 1. The smallest absolute Gasteiger partial charge is 0.329 e. The van der Waals surface area contributed by atoms with Crippen LogP contribution in [0.25, 0.3) is 0 Å². The van der Waals surface area contributed by atoms with Crippen molar-refractivity contribution in [3.8, 4) is 5.75 Å². The van der Waals surface area contributed by atoms with Crippen molar-refractivity contribution in [2.45, 2.75) is 103 Å². The van der Waals surface area contributed by atoms with Crippen LogP contribution in [0.3, 0.4) is 0 Å². The van der Waals surface area contributed by atoms with Gasteiger partial charge in [-0.2, -0.15) is 0 Å². The molecule has 0 bridgehead atoms. The molecule has 0 saturated carbocycles. The van der Waals surface area contributed by atoms with Gasteiger partial charge in [-0.15, -0.1) is 0 Å². The molecule has 1 heterocycles. The molecule has 1 aliphatic heterocycles. The summed E-state index contributed by atoms with van der Waals surface area (Å²) in [6.45, 7) is 3.89. The van der Waals surface area contributed by atoms with Crippen molar-refractivity contribution in [3.05, 3.63) is 41.6 Å². The Bertz CT molecular complexity index is 864. The molecular weight excluding hydrogens is 448 g/mol. The molecule has 1 aromatic carbocycles. The van der Waals surface area contributed by atoms with E-state index in [4.69, 9.17) is 10.5 Å². The highest BCUT2D eigenvalue weighted by molar-refractivity contribution is 6.01. The number of phenolic OH excluding ortho intramolecular Hbond substituents is 1. The maximum Gasteiger partial charge on any atom is 0.329 e. The number of nitrogens with zero attached hydrogens (tertiary/aromatic N) is 1. The van der Waals surface area contributed by atoms with Gasteiger partial charge < -0.3 is 25.6 Å². The summed E-state index contributed by atoms with van der Waals surface area (Å²) in [5, 5.41) is 19.7. The van der Waals surface area contributed by atoms with Crippen molar-refractivity contribution >= 4 is 17.8 Å². The first-order valence-corrected chi connectivity index (χ1v) is 12.7. The summed E-state index contributed by atoms with van der Waals surface area (Å²) in [4.78, 5) is 38.6. The van der Waals surface area contributed by atoms with E-state index in [2.05, 4.69) is 6.92 Å². The van der Waals surface area contributed by atoms with Crippen LogP contribution in [0.15, 0.2) is 30.5 Å². The molecule has 194 valence electrons. The van der Waals surface area contributed by atoms with Crippen LogP contribution in [0.5, 0.6) is 5.75 Å². The van der Waals surface area contributed by atoms with Gasteiger partial charge in [-0.1, -0.05) is 57.2 Å². The molecule has 0 fully saturated rings. The van der Waals surface area contributed by atoms with Crippen molar-refractivity contribution in [1.29, 1.82) is 0 Å².